The second kappa shape index (κ2) is 7.80. The van der Waals surface area contributed by atoms with E-state index in [-0.39, 0.29) is 4.90 Å². The summed E-state index contributed by atoms with van der Waals surface area (Å²) in [6, 6.07) is 4.87. The number of nitrogens with two attached hydrogens (primary N) is 1. The summed E-state index contributed by atoms with van der Waals surface area (Å²) in [5, 5.41) is 3.12. The quantitative estimate of drug-likeness (QED) is 0.616. The lowest BCUT2D eigenvalue weighted by Gasteiger charge is -2.20. The van der Waals surface area contributed by atoms with Crippen LogP contribution in [0.25, 0.3) is 0 Å². The summed E-state index contributed by atoms with van der Waals surface area (Å²) in [7, 11) is -1.82. The number of benzene rings is 1. The Morgan fingerprint density at radius 3 is 2.50 bits per heavy atom. The number of ether oxygens (including phenoxy) is 1. The molecule has 1 aliphatic rings. The number of nitrogens with zero attached hydrogens (tertiary/aromatic N) is 1. The van der Waals surface area contributed by atoms with E-state index in [0.717, 1.165) is 31.4 Å². The van der Waals surface area contributed by atoms with Gasteiger partial charge in [-0.05, 0) is 31.0 Å². The number of nitrogens with one attached hydrogen (secondary N) is 1. The Morgan fingerprint density at radius 2 is 1.91 bits per heavy atom. The summed E-state index contributed by atoms with van der Waals surface area (Å²) in [5.41, 5.74) is 7.14. The molecule has 0 saturated carbocycles. The Hall–Kier alpha value is -1.31. The summed E-state index contributed by atoms with van der Waals surface area (Å²) in [4.78, 5) is 0.268. The summed E-state index contributed by atoms with van der Waals surface area (Å²) in [6.07, 6.45) is 4.03. The van der Waals surface area contributed by atoms with Crippen LogP contribution < -0.4 is 11.1 Å². The smallest absolute Gasteiger partial charge is 0.243 e. The number of hydrogen-bond acceptors (Lipinski definition) is 5. The summed E-state index contributed by atoms with van der Waals surface area (Å²) < 4.78 is 31.9. The normalized spacial score (nSPS) is 17.1. The highest BCUT2D eigenvalue weighted by atomic mass is 32.2. The molecule has 124 valence electrons. The van der Waals surface area contributed by atoms with E-state index in [1.165, 1.54) is 6.07 Å². The Kier molecular flexibility index (Phi) is 6.05. The van der Waals surface area contributed by atoms with E-state index < -0.39 is 10.0 Å². The predicted octanol–water partition coefficient (Wildman–Crippen LogP) is 1.89. The minimum Gasteiger partial charge on any atom is -0.397 e. The molecule has 0 amide bonds. The van der Waals surface area contributed by atoms with Crippen molar-refractivity contribution in [2.24, 2.45) is 0 Å². The standard InChI is InChI=1S/C15H25N3O3S/c1-21-11-8-17-15-7-6-13(12-14(15)16)22(19,20)18-9-4-2-3-5-10-18/h6-7,12,17H,2-5,8-11,16H2,1H3. The average molecular weight is 327 g/mol. The van der Waals surface area contributed by atoms with Crippen molar-refractivity contribution in [3.05, 3.63) is 18.2 Å². The molecule has 2 rings (SSSR count). The van der Waals surface area contributed by atoms with Crippen molar-refractivity contribution in [3.63, 3.8) is 0 Å². The van der Waals surface area contributed by atoms with Crippen LogP contribution in [0.2, 0.25) is 0 Å². The van der Waals surface area contributed by atoms with Crippen LogP contribution >= 0.6 is 0 Å². The molecule has 0 aliphatic carbocycles. The van der Waals surface area contributed by atoms with E-state index >= 15 is 0 Å². The van der Waals surface area contributed by atoms with Gasteiger partial charge in [0.1, 0.15) is 0 Å². The molecule has 0 unspecified atom stereocenters. The van der Waals surface area contributed by atoms with Gasteiger partial charge in [0.15, 0.2) is 0 Å². The third-order valence-electron chi connectivity index (χ3n) is 3.85. The van der Waals surface area contributed by atoms with Crippen LogP contribution in [0.1, 0.15) is 25.7 Å². The highest BCUT2D eigenvalue weighted by molar-refractivity contribution is 7.89. The van der Waals surface area contributed by atoms with Gasteiger partial charge >= 0.3 is 0 Å². The van der Waals surface area contributed by atoms with Crippen LogP contribution in [0.3, 0.4) is 0 Å². The van der Waals surface area contributed by atoms with Crippen molar-refractivity contribution in [2.75, 3.05) is 44.4 Å². The highest BCUT2D eigenvalue weighted by Gasteiger charge is 2.25. The zero-order valence-corrected chi connectivity index (χ0v) is 13.9. The minimum absolute atomic E-state index is 0.268. The molecule has 0 atom stereocenters. The minimum atomic E-state index is -3.45. The zero-order valence-electron chi connectivity index (χ0n) is 13.0. The van der Waals surface area contributed by atoms with Crippen LogP contribution in [0.5, 0.6) is 0 Å². The number of methoxy groups -OCH3 is 1. The summed E-state index contributed by atoms with van der Waals surface area (Å²) >= 11 is 0. The van der Waals surface area contributed by atoms with Gasteiger partial charge in [0, 0.05) is 26.7 Å². The third-order valence-corrected chi connectivity index (χ3v) is 5.74. The van der Waals surface area contributed by atoms with Crippen LogP contribution in [-0.2, 0) is 14.8 Å². The largest absolute Gasteiger partial charge is 0.397 e. The molecule has 0 radical (unpaired) electrons. The Morgan fingerprint density at radius 1 is 1.23 bits per heavy atom. The van der Waals surface area contributed by atoms with Crippen molar-refractivity contribution >= 4 is 21.4 Å². The molecule has 0 aromatic heterocycles. The monoisotopic (exact) mass is 327 g/mol. The molecule has 1 fully saturated rings. The van der Waals surface area contributed by atoms with Gasteiger partial charge in [-0.1, -0.05) is 12.8 Å². The number of nitrogen functional groups attached to an aromatic ring is 1. The van der Waals surface area contributed by atoms with Gasteiger partial charge in [0.2, 0.25) is 10.0 Å². The fraction of sp³-hybridized carbons (Fsp3) is 0.600. The van der Waals surface area contributed by atoms with Crippen LogP contribution in [-0.4, -0.2) is 46.1 Å². The van der Waals surface area contributed by atoms with E-state index in [1.54, 1.807) is 23.5 Å². The van der Waals surface area contributed by atoms with Gasteiger partial charge in [-0.3, -0.25) is 0 Å². The summed E-state index contributed by atoms with van der Waals surface area (Å²) in [5.74, 6) is 0. The number of rotatable bonds is 6. The molecule has 0 spiro atoms. The first-order valence-electron chi connectivity index (χ1n) is 7.68. The van der Waals surface area contributed by atoms with Crippen LogP contribution in [0.4, 0.5) is 11.4 Å². The molecule has 1 saturated heterocycles. The first-order valence-corrected chi connectivity index (χ1v) is 9.12. The van der Waals surface area contributed by atoms with E-state index in [9.17, 15) is 8.42 Å². The lowest BCUT2D eigenvalue weighted by atomic mass is 10.2. The van der Waals surface area contributed by atoms with Crippen molar-refractivity contribution < 1.29 is 13.2 Å². The molecule has 3 N–H and O–H groups in total. The van der Waals surface area contributed by atoms with Crippen LogP contribution in [0, 0.1) is 0 Å². The van der Waals surface area contributed by atoms with Gasteiger partial charge in [-0.25, -0.2) is 8.42 Å². The average Bonchev–Trinajstić information content (AvgIpc) is 2.78. The molecule has 1 aromatic carbocycles. The molecule has 1 aliphatic heterocycles. The molecule has 7 heteroatoms. The van der Waals surface area contributed by atoms with E-state index in [2.05, 4.69) is 5.32 Å². The SMILES string of the molecule is COCCNc1ccc(S(=O)(=O)N2CCCCCC2)cc1N. The molecule has 22 heavy (non-hydrogen) atoms. The van der Waals surface area contributed by atoms with Crippen molar-refractivity contribution in [2.45, 2.75) is 30.6 Å². The zero-order chi connectivity index (χ0) is 16.0. The number of anilines is 2. The van der Waals surface area contributed by atoms with Crippen molar-refractivity contribution in [3.8, 4) is 0 Å². The Bertz CT molecular complexity index is 582. The maximum atomic E-state index is 12.7. The van der Waals surface area contributed by atoms with Gasteiger partial charge in [-0.15, -0.1) is 0 Å². The molecular weight excluding hydrogens is 302 g/mol. The van der Waals surface area contributed by atoms with Gasteiger partial charge in [0.05, 0.1) is 22.9 Å². The van der Waals surface area contributed by atoms with Crippen LogP contribution in [0.15, 0.2) is 23.1 Å². The fourth-order valence-corrected chi connectivity index (χ4v) is 4.13. The topological polar surface area (TPSA) is 84.7 Å². The lowest BCUT2D eigenvalue weighted by molar-refractivity contribution is 0.211. The fourth-order valence-electron chi connectivity index (χ4n) is 2.58. The van der Waals surface area contributed by atoms with Gasteiger partial charge < -0.3 is 15.8 Å². The first kappa shape index (κ1) is 17.1. The van der Waals surface area contributed by atoms with E-state index in [0.29, 0.717) is 31.9 Å². The number of sulfonamides is 1. The van der Waals surface area contributed by atoms with E-state index in [4.69, 9.17) is 10.5 Å². The van der Waals surface area contributed by atoms with Gasteiger partial charge in [0.25, 0.3) is 0 Å². The Balaban J connectivity index is 2.15. The number of hydrogen-bond donors (Lipinski definition) is 2. The first-order chi connectivity index (χ1) is 10.6. The molecule has 6 nitrogen and oxygen atoms in total. The van der Waals surface area contributed by atoms with Crippen molar-refractivity contribution in [1.82, 2.24) is 4.31 Å². The molecule has 1 heterocycles. The molecular formula is C15H25N3O3S. The second-order valence-electron chi connectivity index (χ2n) is 5.49. The summed E-state index contributed by atoms with van der Waals surface area (Å²) in [6.45, 7) is 2.37. The molecule has 0 bridgehead atoms. The highest BCUT2D eigenvalue weighted by Crippen LogP contribution is 2.26. The Labute approximate surface area is 132 Å². The lowest BCUT2D eigenvalue weighted by Crippen LogP contribution is -2.32. The van der Waals surface area contributed by atoms with Crippen molar-refractivity contribution in [1.29, 1.82) is 0 Å². The van der Waals surface area contributed by atoms with E-state index in [1.807, 2.05) is 0 Å². The van der Waals surface area contributed by atoms with Gasteiger partial charge in [-0.2, -0.15) is 4.31 Å². The second-order valence-corrected chi connectivity index (χ2v) is 7.42. The third kappa shape index (κ3) is 4.12. The molecule has 1 aromatic rings. The predicted molar refractivity (Wildman–Crippen MR) is 88.4 cm³/mol. The maximum absolute atomic E-state index is 12.7. The maximum Gasteiger partial charge on any atom is 0.243 e.